The molecule has 1 aliphatic heterocycles. The molecular weight excluding hydrogens is 312 g/mol. The Kier molecular flexibility index (Phi) is 3.20. The van der Waals surface area contributed by atoms with Crippen LogP contribution in [0.5, 0.6) is 0 Å². The number of aromatic amines is 1. The van der Waals surface area contributed by atoms with Crippen molar-refractivity contribution in [1.82, 2.24) is 9.88 Å². The Labute approximate surface area is 137 Å². The SMILES string of the molecule is O=C1c2ccccc2C(=O)N1CCc1c[nH]c2ccc(Cl)cc12. The number of hydrogen-bond acceptors (Lipinski definition) is 2. The monoisotopic (exact) mass is 324 g/mol. The fourth-order valence-electron chi connectivity index (χ4n) is 3.03. The van der Waals surface area contributed by atoms with Gasteiger partial charge in [-0.2, -0.15) is 0 Å². The lowest BCUT2D eigenvalue weighted by Crippen LogP contribution is -2.31. The van der Waals surface area contributed by atoms with Crippen molar-refractivity contribution < 1.29 is 9.59 Å². The van der Waals surface area contributed by atoms with Crippen molar-refractivity contribution in [2.75, 3.05) is 6.54 Å². The third-order valence-electron chi connectivity index (χ3n) is 4.21. The van der Waals surface area contributed by atoms with Crippen molar-refractivity contribution in [2.45, 2.75) is 6.42 Å². The van der Waals surface area contributed by atoms with Crippen LogP contribution in [0.25, 0.3) is 10.9 Å². The minimum Gasteiger partial charge on any atom is -0.361 e. The first kappa shape index (κ1) is 14.0. The number of carbonyl (C=O) groups excluding carboxylic acids is 2. The normalized spacial score (nSPS) is 13.9. The summed E-state index contributed by atoms with van der Waals surface area (Å²) >= 11 is 6.05. The van der Waals surface area contributed by atoms with Crippen molar-refractivity contribution in [3.63, 3.8) is 0 Å². The van der Waals surface area contributed by atoms with Gasteiger partial charge in [0.1, 0.15) is 0 Å². The number of fused-ring (bicyclic) bond motifs is 2. The highest BCUT2D eigenvalue weighted by molar-refractivity contribution is 6.31. The third kappa shape index (κ3) is 2.23. The highest BCUT2D eigenvalue weighted by atomic mass is 35.5. The zero-order valence-corrected chi connectivity index (χ0v) is 12.9. The Morgan fingerprint density at radius 2 is 1.70 bits per heavy atom. The van der Waals surface area contributed by atoms with E-state index in [1.165, 1.54) is 4.90 Å². The predicted molar refractivity (Wildman–Crippen MR) is 88.8 cm³/mol. The van der Waals surface area contributed by atoms with E-state index >= 15 is 0 Å². The summed E-state index contributed by atoms with van der Waals surface area (Å²) in [4.78, 5) is 29.2. The molecule has 114 valence electrons. The number of imide groups is 1. The first-order chi connectivity index (χ1) is 11.1. The van der Waals surface area contributed by atoms with Crippen LogP contribution in [0, 0.1) is 0 Å². The molecule has 1 aromatic heterocycles. The second-order valence-corrected chi connectivity index (χ2v) is 6.00. The smallest absolute Gasteiger partial charge is 0.261 e. The molecule has 0 saturated heterocycles. The van der Waals surface area contributed by atoms with E-state index in [2.05, 4.69) is 4.98 Å². The number of aromatic nitrogens is 1. The van der Waals surface area contributed by atoms with Crippen molar-refractivity contribution in [2.24, 2.45) is 0 Å². The number of rotatable bonds is 3. The largest absolute Gasteiger partial charge is 0.361 e. The number of amides is 2. The van der Waals surface area contributed by atoms with Gasteiger partial charge in [0.05, 0.1) is 11.1 Å². The molecule has 1 N–H and O–H groups in total. The number of halogens is 1. The van der Waals surface area contributed by atoms with Crippen molar-refractivity contribution in [3.8, 4) is 0 Å². The lowest BCUT2D eigenvalue weighted by atomic mass is 10.1. The summed E-state index contributed by atoms with van der Waals surface area (Å²) < 4.78 is 0. The Balaban J connectivity index is 1.59. The maximum absolute atomic E-state index is 12.4. The van der Waals surface area contributed by atoms with E-state index in [1.807, 2.05) is 24.4 Å². The predicted octanol–water partition coefficient (Wildman–Crippen LogP) is 3.66. The van der Waals surface area contributed by atoms with Crippen LogP contribution in [0.2, 0.25) is 5.02 Å². The first-order valence-corrected chi connectivity index (χ1v) is 7.73. The van der Waals surface area contributed by atoms with Gasteiger partial charge in [-0.15, -0.1) is 0 Å². The van der Waals surface area contributed by atoms with Crippen LogP contribution < -0.4 is 0 Å². The van der Waals surface area contributed by atoms with Gasteiger partial charge in [0.25, 0.3) is 11.8 Å². The quantitative estimate of drug-likeness (QED) is 0.747. The molecule has 2 aromatic carbocycles. The Bertz CT molecular complexity index is 910. The Hall–Kier alpha value is -2.59. The Morgan fingerprint density at radius 1 is 1.00 bits per heavy atom. The first-order valence-electron chi connectivity index (χ1n) is 7.36. The molecule has 2 heterocycles. The number of benzene rings is 2. The Morgan fingerprint density at radius 3 is 2.39 bits per heavy atom. The van der Waals surface area contributed by atoms with Gasteiger partial charge >= 0.3 is 0 Å². The fraction of sp³-hybridized carbons (Fsp3) is 0.111. The number of carbonyl (C=O) groups is 2. The second kappa shape index (κ2) is 5.25. The standard InChI is InChI=1S/C18H13ClN2O2/c19-12-5-6-16-15(9-12)11(10-20-16)7-8-21-17(22)13-3-1-2-4-14(13)18(21)23/h1-6,9-10,20H,7-8H2. The van der Waals surface area contributed by atoms with E-state index in [0.717, 1.165) is 16.5 Å². The van der Waals surface area contributed by atoms with Gasteiger partial charge in [-0.3, -0.25) is 14.5 Å². The van der Waals surface area contributed by atoms with Crippen molar-refractivity contribution >= 4 is 34.3 Å². The van der Waals surface area contributed by atoms with E-state index in [9.17, 15) is 9.59 Å². The number of hydrogen-bond donors (Lipinski definition) is 1. The summed E-state index contributed by atoms with van der Waals surface area (Å²) in [6, 6.07) is 12.6. The molecule has 5 heteroatoms. The molecule has 2 amide bonds. The summed E-state index contributed by atoms with van der Waals surface area (Å²) in [7, 11) is 0. The van der Waals surface area contributed by atoms with Crippen LogP contribution in [0.3, 0.4) is 0 Å². The molecule has 0 radical (unpaired) electrons. The molecule has 0 spiro atoms. The van der Waals surface area contributed by atoms with Gasteiger partial charge in [0.15, 0.2) is 0 Å². The molecule has 4 rings (SSSR count). The van der Waals surface area contributed by atoms with Gasteiger partial charge in [0.2, 0.25) is 0 Å². The van der Waals surface area contributed by atoms with Crippen molar-refractivity contribution in [3.05, 3.63) is 70.4 Å². The van der Waals surface area contributed by atoms with Crippen molar-refractivity contribution in [1.29, 1.82) is 0 Å². The lowest BCUT2D eigenvalue weighted by molar-refractivity contribution is 0.0656. The zero-order valence-electron chi connectivity index (χ0n) is 12.2. The summed E-state index contributed by atoms with van der Waals surface area (Å²) in [5.74, 6) is -0.438. The van der Waals surface area contributed by atoms with E-state index in [1.54, 1.807) is 24.3 Å². The van der Waals surface area contributed by atoms with Crippen LogP contribution in [-0.4, -0.2) is 28.2 Å². The minimum absolute atomic E-state index is 0.219. The molecular formula is C18H13ClN2O2. The summed E-state index contributed by atoms with van der Waals surface area (Å²) in [5.41, 5.74) is 3.00. The number of nitrogens with zero attached hydrogens (tertiary/aromatic N) is 1. The van der Waals surface area contributed by atoms with E-state index in [0.29, 0.717) is 29.1 Å². The molecule has 0 aliphatic carbocycles. The molecule has 23 heavy (non-hydrogen) atoms. The summed E-state index contributed by atoms with van der Waals surface area (Å²) in [5, 5.41) is 1.69. The number of H-pyrrole nitrogens is 1. The van der Waals surface area contributed by atoms with Gasteiger partial charge < -0.3 is 4.98 Å². The van der Waals surface area contributed by atoms with Gasteiger partial charge in [0, 0.05) is 28.7 Å². The lowest BCUT2D eigenvalue weighted by Gasteiger charge is -2.13. The third-order valence-corrected chi connectivity index (χ3v) is 4.45. The van der Waals surface area contributed by atoms with Gasteiger partial charge in [-0.1, -0.05) is 23.7 Å². The molecule has 0 unspecified atom stereocenters. The molecule has 0 atom stereocenters. The topological polar surface area (TPSA) is 53.2 Å². The van der Waals surface area contributed by atoms with Gasteiger partial charge in [-0.25, -0.2) is 0 Å². The molecule has 3 aromatic rings. The van der Waals surface area contributed by atoms with Crippen LogP contribution in [0.1, 0.15) is 26.3 Å². The van der Waals surface area contributed by atoms with E-state index in [-0.39, 0.29) is 11.8 Å². The van der Waals surface area contributed by atoms with Crippen LogP contribution in [0.15, 0.2) is 48.7 Å². The molecule has 0 fully saturated rings. The van der Waals surface area contributed by atoms with Crippen LogP contribution in [-0.2, 0) is 6.42 Å². The minimum atomic E-state index is -0.219. The van der Waals surface area contributed by atoms with Gasteiger partial charge in [-0.05, 0) is 42.3 Å². The fourth-order valence-corrected chi connectivity index (χ4v) is 3.20. The van der Waals surface area contributed by atoms with Crippen LogP contribution >= 0.6 is 11.6 Å². The molecule has 0 saturated carbocycles. The summed E-state index contributed by atoms with van der Waals surface area (Å²) in [6.07, 6.45) is 2.49. The molecule has 1 aliphatic rings. The summed E-state index contributed by atoms with van der Waals surface area (Å²) in [6.45, 7) is 0.353. The maximum Gasteiger partial charge on any atom is 0.261 e. The maximum atomic E-state index is 12.4. The average molecular weight is 325 g/mol. The molecule has 0 bridgehead atoms. The second-order valence-electron chi connectivity index (χ2n) is 5.56. The highest BCUT2D eigenvalue weighted by Gasteiger charge is 2.34. The highest BCUT2D eigenvalue weighted by Crippen LogP contribution is 2.25. The van der Waals surface area contributed by atoms with E-state index < -0.39 is 0 Å². The number of nitrogens with one attached hydrogen (secondary N) is 1. The average Bonchev–Trinajstić information content (AvgIpc) is 3.06. The van der Waals surface area contributed by atoms with E-state index in [4.69, 9.17) is 11.6 Å². The van der Waals surface area contributed by atoms with Crippen LogP contribution in [0.4, 0.5) is 0 Å². The zero-order chi connectivity index (χ0) is 16.0. The molecule has 4 nitrogen and oxygen atoms in total.